The van der Waals surface area contributed by atoms with Crippen LogP contribution in [-0.2, 0) is 4.79 Å². The Morgan fingerprint density at radius 2 is 1.81 bits per heavy atom. The van der Waals surface area contributed by atoms with E-state index in [-0.39, 0.29) is 17.3 Å². The van der Waals surface area contributed by atoms with Crippen LogP contribution < -0.4 is 4.90 Å². The van der Waals surface area contributed by atoms with Crippen LogP contribution in [0.4, 0.5) is 11.4 Å². The highest BCUT2D eigenvalue weighted by Crippen LogP contribution is 2.44. The molecule has 0 unspecified atom stereocenters. The number of ketones is 1. The van der Waals surface area contributed by atoms with Crippen LogP contribution >= 0.6 is 11.6 Å². The lowest BCUT2D eigenvalue weighted by Gasteiger charge is -2.17. The first-order valence-corrected chi connectivity index (χ1v) is 8.39. The van der Waals surface area contributed by atoms with Crippen LogP contribution in [0, 0.1) is 0 Å². The number of pyridine rings is 1. The predicted octanol–water partition coefficient (Wildman–Crippen LogP) is 4.68. The van der Waals surface area contributed by atoms with Gasteiger partial charge in [-0.1, -0.05) is 35.9 Å². The first kappa shape index (κ1) is 16.2. The summed E-state index contributed by atoms with van der Waals surface area (Å²) in [4.78, 5) is 31.2. The van der Waals surface area contributed by atoms with Gasteiger partial charge in [0.05, 0.1) is 16.3 Å². The standard InChI is InChI=1S/C21H13ClN2O2/c22-17-9-4-10-18-20(17)16(12-19(25)14-6-5-11-23-13-14)21(26)24(18)15-7-2-1-3-8-15/h1-13H. The van der Waals surface area contributed by atoms with Gasteiger partial charge in [0.2, 0.25) is 0 Å². The van der Waals surface area contributed by atoms with Gasteiger partial charge in [-0.3, -0.25) is 19.5 Å². The third kappa shape index (κ3) is 2.70. The highest BCUT2D eigenvalue weighted by atomic mass is 35.5. The molecule has 0 atom stereocenters. The van der Waals surface area contributed by atoms with E-state index in [1.165, 1.54) is 12.3 Å². The molecule has 0 saturated heterocycles. The van der Waals surface area contributed by atoms with Crippen LogP contribution in [0.1, 0.15) is 15.9 Å². The van der Waals surface area contributed by atoms with Crippen LogP contribution in [0.15, 0.2) is 79.1 Å². The summed E-state index contributed by atoms with van der Waals surface area (Å²) in [5.41, 5.74) is 2.65. The van der Waals surface area contributed by atoms with Gasteiger partial charge >= 0.3 is 0 Å². The zero-order chi connectivity index (χ0) is 18.1. The number of carbonyl (C=O) groups excluding carboxylic acids is 2. The van der Waals surface area contributed by atoms with Crippen molar-refractivity contribution < 1.29 is 9.59 Å². The highest BCUT2D eigenvalue weighted by Gasteiger charge is 2.35. The number of halogens is 1. The number of anilines is 2. The fraction of sp³-hybridized carbons (Fsp3) is 0. The molecular weight excluding hydrogens is 348 g/mol. The number of amides is 1. The van der Waals surface area contributed by atoms with Crippen LogP contribution in [-0.4, -0.2) is 16.7 Å². The minimum absolute atomic E-state index is 0.281. The number of allylic oxidation sites excluding steroid dienone is 1. The maximum absolute atomic E-state index is 13.1. The number of benzene rings is 2. The summed E-state index contributed by atoms with van der Waals surface area (Å²) < 4.78 is 0. The van der Waals surface area contributed by atoms with Crippen molar-refractivity contribution in [1.29, 1.82) is 0 Å². The van der Waals surface area contributed by atoms with Crippen molar-refractivity contribution in [3.05, 3.63) is 95.3 Å². The molecule has 26 heavy (non-hydrogen) atoms. The molecule has 1 amide bonds. The largest absolute Gasteiger partial charge is 0.289 e. The van der Waals surface area contributed by atoms with Gasteiger partial charge in [-0.2, -0.15) is 0 Å². The van der Waals surface area contributed by atoms with Crippen LogP contribution in [0.25, 0.3) is 5.57 Å². The summed E-state index contributed by atoms with van der Waals surface area (Å²) in [7, 11) is 0. The van der Waals surface area contributed by atoms with Crippen LogP contribution in [0.2, 0.25) is 5.02 Å². The van der Waals surface area contributed by atoms with Gasteiger partial charge < -0.3 is 0 Å². The van der Waals surface area contributed by atoms with Crippen molar-refractivity contribution >= 4 is 40.2 Å². The summed E-state index contributed by atoms with van der Waals surface area (Å²) in [5.74, 6) is -0.571. The highest BCUT2D eigenvalue weighted by molar-refractivity contribution is 6.43. The monoisotopic (exact) mass is 360 g/mol. The summed E-state index contributed by atoms with van der Waals surface area (Å²) in [5, 5.41) is 0.430. The zero-order valence-corrected chi connectivity index (χ0v) is 14.4. The van der Waals surface area contributed by atoms with E-state index in [9.17, 15) is 9.59 Å². The molecule has 1 aliphatic heterocycles. The van der Waals surface area contributed by atoms with E-state index in [1.807, 2.05) is 36.4 Å². The van der Waals surface area contributed by atoms with E-state index in [4.69, 9.17) is 11.6 Å². The third-order valence-electron chi connectivity index (χ3n) is 4.17. The average Bonchev–Trinajstić information content (AvgIpc) is 2.96. The average molecular weight is 361 g/mol. The molecule has 4 rings (SSSR count). The van der Waals surface area contributed by atoms with Gasteiger partial charge in [0.25, 0.3) is 5.91 Å². The molecule has 2 aromatic carbocycles. The molecule has 0 aliphatic carbocycles. The molecule has 126 valence electrons. The molecular formula is C21H13ClN2O2. The molecule has 0 spiro atoms. The molecule has 3 aromatic rings. The maximum Gasteiger partial charge on any atom is 0.263 e. The second-order valence-corrected chi connectivity index (χ2v) is 6.18. The summed E-state index contributed by atoms with van der Waals surface area (Å²) >= 11 is 6.37. The minimum Gasteiger partial charge on any atom is -0.289 e. The van der Waals surface area contributed by atoms with Crippen LogP contribution in [0.5, 0.6) is 0 Å². The second kappa shape index (κ2) is 6.58. The number of hydrogen-bond acceptors (Lipinski definition) is 3. The molecule has 1 aromatic heterocycles. The Balaban J connectivity index is 1.86. The number of rotatable bonds is 3. The lowest BCUT2D eigenvalue weighted by Crippen LogP contribution is -2.20. The van der Waals surface area contributed by atoms with E-state index in [1.54, 1.807) is 35.4 Å². The van der Waals surface area contributed by atoms with Gasteiger partial charge in [0, 0.05) is 29.2 Å². The van der Waals surface area contributed by atoms with Gasteiger partial charge in [0.15, 0.2) is 5.78 Å². The topological polar surface area (TPSA) is 50.3 Å². The Hall–Kier alpha value is -3.24. The van der Waals surface area contributed by atoms with Crippen molar-refractivity contribution in [2.75, 3.05) is 4.90 Å². The molecule has 1 aliphatic rings. The summed E-state index contributed by atoms with van der Waals surface area (Å²) in [6.07, 6.45) is 4.41. The molecule has 0 saturated carbocycles. The molecule has 0 bridgehead atoms. The fourth-order valence-electron chi connectivity index (χ4n) is 2.99. The summed E-state index contributed by atoms with van der Waals surface area (Å²) in [6.45, 7) is 0. The Morgan fingerprint density at radius 1 is 1.00 bits per heavy atom. The third-order valence-corrected chi connectivity index (χ3v) is 4.49. The second-order valence-electron chi connectivity index (χ2n) is 5.77. The molecule has 4 nitrogen and oxygen atoms in total. The molecule has 0 radical (unpaired) electrons. The summed E-state index contributed by atoms with van der Waals surface area (Å²) in [6, 6.07) is 17.9. The predicted molar refractivity (Wildman–Crippen MR) is 102 cm³/mol. The fourth-order valence-corrected chi connectivity index (χ4v) is 3.26. The maximum atomic E-state index is 13.1. The van der Waals surface area contributed by atoms with Crippen molar-refractivity contribution in [1.82, 2.24) is 4.98 Å². The van der Waals surface area contributed by atoms with E-state index in [2.05, 4.69) is 4.98 Å². The number of fused-ring (bicyclic) bond motifs is 1. The number of aromatic nitrogens is 1. The molecule has 0 N–H and O–H groups in total. The van der Waals surface area contributed by atoms with Gasteiger partial charge in [-0.05, 0) is 42.5 Å². The van der Waals surface area contributed by atoms with E-state index >= 15 is 0 Å². The van der Waals surface area contributed by atoms with Gasteiger partial charge in [-0.15, -0.1) is 0 Å². The van der Waals surface area contributed by atoms with Crippen molar-refractivity contribution in [3.63, 3.8) is 0 Å². The van der Waals surface area contributed by atoms with Crippen LogP contribution in [0.3, 0.4) is 0 Å². The van der Waals surface area contributed by atoms with E-state index in [0.29, 0.717) is 21.8 Å². The Kier molecular flexibility index (Phi) is 4.11. The first-order valence-electron chi connectivity index (χ1n) is 8.01. The Morgan fingerprint density at radius 3 is 2.54 bits per heavy atom. The SMILES string of the molecule is O=C(C=C1C(=O)N(c2ccccc2)c2cccc(Cl)c21)c1cccnc1. The zero-order valence-electron chi connectivity index (χ0n) is 13.6. The quantitative estimate of drug-likeness (QED) is 0.503. The van der Waals surface area contributed by atoms with E-state index in [0.717, 1.165) is 5.69 Å². The number of carbonyl (C=O) groups is 2. The van der Waals surface area contributed by atoms with Gasteiger partial charge in [0.1, 0.15) is 0 Å². The number of hydrogen-bond donors (Lipinski definition) is 0. The smallest absolute Gasteiger partial charge is 0.263 e. The Labute approximate surface area is 155 Å². The number of nitrogens with zero attached hydrogens (tertiary/aromatic N) is 2. The molecule has 0 fully saturated rings. The minimum atomic E-state index is -0.290. The Bertz CT molecular complexity index is 1030. The lowest BCUT2D eigenvalue weighted by atomic mass is 10.0. The van der Waals surface area contributed by atoms with Crippen molar-refractivity contribution in [2.24, 2.45) is 0 Å². The lowest BCUT2D eigenvalue weighted by molar-refractivity contribution is -0.112. The first-order chi connectivity index (χ1) is 12.7. The normalized spacial score (nSPS) is 14.6. The van der Waals surface area contributed by atoms with E-state index < -0.39 is 0 Å². The molecule has 5 heteroatoms. The van der Waals surface area contributed by atoms with Gasteiger partial charge in [-0.25, -0.2) is 0 Å². The van der Waals surface area contributed by atoms with Crippen molar-refractivity contribution in [2.45, 2.75) is 0 Å². The van der Waals surface area contributed by atoms with Crippen molar-refractivity contribution in [3.8, 4) is 0 Å². The molecule has 2 heterocycles. The number of para-hydroxylation sites is 1.